The lowest BCUT2D eigenvalue weighted by atomic mass is 10.1. The van der Waals surface area contributed by atoms with E-state index in [4.69, 9.17) is 17.3 Å². The van der Waals surface area contributed by atoms with Gasteiger partial charge in [0.25, 0.3) is 0 Å². The van der Waals surface area contributed by atoms with Crippen LogP contribution in [0.5, 0.6) is 0 Å². The number of amides is 1. The molecule has 0 radical (unpaired) electrons. The minimum Gasteiger partial charge on any atom is -0.342 e. The van der Waals surface area contributed by atoms with E-state index in [2.05, 4.69) is 0 Å². The van der Waals surface area contributed by atoms with E-state index >= 15 is 0 Å². The highest BCUT2D eigenvalue weighted by molar-refractivity contribution is 7.92. The van der Waals surface area contributed by atoms with Gasteiger partial charge >= 0.3 is 0 Å². The number of rotatable bonds is 3. The average Bonchev–Trinajstić information content (AvgIpc) is 2.39. The standard InChI is InChI=1S/C13H17ClN2O3S.ClH/c14-10-1-3-12(4-2-10)20(18,19)9-13(17)16-7-5-11(15)6-8-16;/h1-4,11H,5-9,15H2;1H. The molecule has 2 rings (SSSR count). The second kappa shape index (κ2) is 7.45. The van der Waals surface area contributed by atoms with Crippen LogP contribution in [0.2, 0.25) is 5.02 Å². The van der Waals surface area contributed by atoms with Crippen LogP contribution in [0.1, 0.15) is 12.8 Å². The molecule has 1 aromatic rings. The first-order valence-corrected chi connectivity index (χ1v) is 8.43. The quantitative estimate of drug-likeness (QED) is 0.893. The molecule has 0 unspecified atom stereocenters. The highest BCUT2D eigenvalue weighted by Crippen LogP contribution is 2.17. The van der Waals surface area contributed by atoms with E-state index in [1.54, 1.807) is 4.90 Å². The van der Waals surface area contributed by atoms with Crippen LogP contribution in [0.15, 0.2) is 29.2 Å². The highest BCUT2D eigenvalue weighted by atomic mass is 35.5. The van der Waals surface area contributed by atoms with Gasteiger partial charge < -0.3 is 10.6 Å². The molecule has 1 aliphatic heterocycles. The van der Waals surface area contributed by atoms with Crippen LogP contribution in [0.25, 0.3) is 0 Å². The first-order valence-electron chi connectivity index (χ1n) is 6.40. The Morgan fingerprint density at radius 3 is 2.29 bits per heavy atom. The molecule has 0 saturated carbocycles. The molecule has 1 aromatic carbocycles. The number of carbonyl (C=O) groups is 1. The predicted molar refractivity (Wildman–Crippen MR) is 84.5 cm³/mol. The Kier molecular flexibility index (Phi) is 6.46. The van der Waals surface area contributed by atoms with Crippen LogP contribution in [-0.4, -0.2) is 44.1 Å². The van der Waals surface area contributed by atoms with Crippen LogP contribution in [-0.2, 0) is 14.6 Å². The van der Waals surface area contributed by atoms with Gasteiger partial charge in [-0.05, 0) is 37.1 Å². The van der Waals surface area contributed by atoms with Crippen LogP contribution < -0.4 is 5.73 Å². The maximum absolute atomic E-state index is 12.1. The van der Waals surface area contributed by atoms with Gasteiger partial charge in [0.2, 0.25) is 5.91 Å². The van der Waals surface area contributed by atoms with Crippen molar-refractivity contribution in [3.05, 3.63) is 29.3 Å². The van der Waals surface area contributed by atoms with Crippen molar-refractivity contribution in [2.75, 3.05) is 18.8 Å². The average molecular weight is 353 g/mol. The lowest BCUT2D eigenvalue weighted by Gasteiger charge is -2.30. The molecule has 1 saturated heterocycles. The summed E-state index contributed by atoms with van der Waals surface area (Å²) >= 11 is 5.72. The summed E-state index contributed by atoms with van der Waals surface area (Å²) in [5.74, 6) is -0.879. The number of benzene rings is 1. The number of carbonyl (C=O) groups excluding carboxylic acids is 1. The van der Waals surface area contributed by atoms with Crippen molar-refractivity contribution in [2.24, 2.45) is 5.73 Å². The first kappa shape index (κ1) is 18.2. The van der Waals surface area contributed by atoms with Gasteiger partial charge in [-0.2, -0.15) is 0 Å². The van der Waals surface area contributed by atoms with E-state index in [9.17, 15) is 13.2 Å². The number of nitrogens with zero attached hydrogens (tertiary/aromatic N) is 1. The van der Waals surface area contributed by atoms with Crippen LogP contribution in [0, 0.1) is 0 Å². The van der Waals surface area contributed by atoms with Gasteiger partial charge in [0, 0.05) is 24.2 Å². The van der Waals surface area contributed by atoms with Gasteiger partial charge in [0.05, 0.1) is 4.90 Å². The number of likely N-dealkylation sites (tertiary alicyclic amines) is 1. The van der Waals surface area contributed by atoms with E-state index in [0.717, 1.165) is 0 Å². The minimum atomic E-state index is -3.62. The van der Waals surface area contributed by atoms with Crippen LogP contribution in [0.4, 0.5) is 0 Å². The van der Waals surface area contributed by atoms with Gasteiger partial charge in [0.1, 0.15) is 5.75 Å². The zero-order valence-corrected chi connectivity index (χ0v) is 13.8. The van der Waals surface area contributed by atoms with Gasteiger partial charge in [-0.3, -0.25) is 4.79 Å². The predicted octanol–water partition coefficient (Wildman–Crippen LogP) is 1.49. The fourth-order valence-corrected chi connectivity index (χ4v) is 3.48. The molecule has 0 atom stereocenters. The van der Waals surface area contributed by atoms with Gasteiger partial charge in [0.15, 0.2) is 9.84 Å². The smallest absolute Gasteiger partial charge is 0.238 e. The zero-order valence-electron chi connectivity index (χ0n) is 11.4. The lowest BCUT2D eigenvalue weighted by Crippen LogP contribution is -2.44. The lowest BCUT2D eigenvalue weighted by molar-refractivity contribution is -0.129. The number of sulfone groups is 1. The summed E-state index contributed by atoms with van der Waals surface area (Å²) in [6.07, 6.45) is 1.43. The molecule has 1 amide bonds. The van der Waals surface area contributed by atoms with E-state index in [1.165, 1.54) is 24.3 Å². The molecule has 1 heterocycles. The molecule has 0 aliphatic carbocycles. The summed E-state index contributed by atoms with van der Waals surface area (Å²) in [5.41, 5.74) is 5.76. The van der Waals surface area contributed by atoms with E-state index in [1.807, 2.05) is 0 Å². The molecule has 21 heavy (non-hydrogen) atoms. The minimum absolute atomic E-state index is 0. The molecule has 5 nitrogen and oxygen atoms in total. The monoisotopic (exact) mass is 352 g/mol. The number of halogens is 2. The second-order valence-corrected chi connectivity index (χ2v) is 7.36. The van der Waals surface area contributed by atoms with E-state index < -0.39 is 15.6 Å². The molecule has 118 valence electrons. The fourth-order valence-electron chi connectivity index (χ4n) is 2.13. The summed E-state index contributed by atoms with van der Waals surface area (Å²) in [5, 5.41) is 0.459. The molecule has 2 N–H and O–H groups in total. The Morgan fingerprint density at radius 2 is 1.76 bits per heavy atom. The van der Waals surface area contributed by atoms with Crippen LogP contribution >= 0.6 is 24.0 Å². The molecule has 0 bridgehead atoms. The summed E-state index contributed by atoms with van der Waals surface area (Å²) in [6, 6.07) is 5.93. The van der Waals surface area contributed by atoms with Gasteiger partial charge in [-0.15, -0.1) is 12.4 Å². The third kappa shape index (κ3) is 4.85. The highest BCUT2D eigenvalue weighted by Gasteiger charge is 2.26. The van der Waals surface area contributed by atoms with Crippen molar-refractivity contribution < 1.29 is 13.2 Å². The largest absolute Gasteiger partial charge is 0.342 e. The Morgan fingerprint density at radius 1 is 1.24 bits per heavy atom. The number of nitrogens with two attached hydrogens (primary N) is 1. The molecule has 0 aromatic heterocycles. The Bertz CT molecular complexity index is 582. The topological polar surface area (TPSA) is 80.5 Å². The fraction of sp³-hybridized carbons (Fsp3) is 0.462. The third-order valence-electron chi connectivity index (χ3n) is 3.38. The maximum Gasteiger partial charge on any atom is 0.238 e. The number of piperidine rings is 1. The van der Waals surface area contributed by atoms with Crippen molar-refractivity contribution in [3.8, 4) is 0 Å². The summed E-state index contributed by atoms with van der Waals surface area (Å²) in [7, 11) is -3.62. The number of hydrogen-bond donors (Lipinski definition) is 1. The van der Waals surface area contributed by atoms with Gasteiger partial charge in [-0.25, -0.2) is 8.42 Å². The Labute approximate surface area is 135 Å². The van der Waals surface area contributed by atoms with Crippen molar-refractivity contribution in [2.45, 2.75) is 23.8 Å². The molecule has 8 heteroatoms. The van der Waals surface area contributed by atoms with Crippen LogP contribution in [0.3, 0.4) is 0 Å². The van der Waals surface area contributed by atoms with Crippen molar-refractivity contribution in [1.82, 2.24) is 4.90 Å². The molecule has 0 spiro atoms. The van der Waals surface area contributed by atoms with Crippen molar-refractivity contribution in [1.29, 1.82) is 0 Å². The van der Waals surface area contributed by atoms with Crippen molar-refractivity contribution in [3.63, 3.8) is 0 Å². The molecular weight excluding hydrogens is 335 g/mol. The summed E-state index contributed by atoms with van der Waals surface area (Å²) < 4.78 is 24.3. The zero-order chi connectivity index (χ0) is 14.8. The first-order chi connectivity index (χ1) is 9.38. The van der Waals surface area contributed by atoms with E-state index in [-0.39, 0.29) is 29.3 Å². The molecule has 1 fully saturated rings. The normalized spacial score (nSPS) is 16.4. The summed E-state index contributed by atoms with van der Waals surface area (Å²) in [4.78, 5) is 13.7. The Hall–Kier alpha value is -0.820. The SMILES string of the molecule is Cl.NC1CCN(C(=O)CS(=O)(=O)c2ccc(Cl)cc2)CC1. The van der Waals surface area contributed by atoms with Crippen molar-refractivity contribution >= 4 is 39.8 Å². The Balaban J connectivity index is 0.00000220. The van der Waals surface area contributed by atoms with E-state index in [0.29, 0.717) is 31.0 Å². The summed E-state index contributed by atoms with van der Waals surface area (Å²) in [6.45, 7) is 1.05. The van der Waals surface area contributed by atoms with Gasteiger partial charge in [-0.1, -0.05) is 11.6 Å². The molecular formula is C13H18Cl2N2O3S. The second-order valence-electron chi connectivity index (χ2n) is 4.93. The number of hydrogen-bond acceptors (Lipinski definition) is 4. The molecule has 1 aliphatic rings. The maximum atomic E-state index is 12.1. The third-order valence-corrected chi connectivity index (χ3v) is 5.25.